The van der Waals surface area contributed by atoms with Crippen molar-refractivity contribution in [1.29, 1.82) is 0 Å². The number of hydrazone groups is 1. The average Bonchev–Trinajstić information content (AvgIpc) is 2.84. The summed E-state index contributed by atoms with van der Waals surface area (Å²) in [5, 5.41) is 5.97. The van der Waals surface area contributed by atoms with Crippen molar-refractivity contribution >= 4 is 46.0 Å². The van der Waals surface area contributed by atoms with Crippen LogP contribution in [-0.4, -0.2) is 19.2 Å². The van der Waals surface area contributed by atoms with Gasteiger partial charge in [0.05, 0.1) is 16.9 Å². The summed E-state index contributed by atoms with van der Waals surface area (Å²) >= 11 is 3.71. The van der Waals surface area contributed by atoms with Crippen molar-refractivity contribution in [3.05, 3.63) is 49.2 Å². The van der Waals surface area contributed by atoms with E-state index in [4.69, 9.17) is 4.74 Å². The van der Waals surface area contributed by atoms with Gasteiger partial charge in [0, 0.05) is 10.4 Å². The van der Waals surface area contributed by atoms with Crippen LogP contribution in [0.2, 0.25) is 0 Å². The minimum Gasteiger partial charge on any atom is -0.496 e. The number of hydrogen-bond donors (Lipinski definition) is 1. The molecule has 0 unspecified atom stereocenters. The Hall–Kier alpha value is -1.41. The van der Waals surface area contributed by atoms with Gasteiger partial charge in [0.1, 0.15) is 5.75 Å². The molecule has 4 nitrogen and oxygen atoms in total. The van der Waals surface area contributed by atoms with Crippen molar-refractivity contribution in [2.75, 3.05) is 7.11 Å². The molecule has 0 radical (unpaired) electrons. The van der Waals surface area contributed by atoms with Gasteiger partial charge in [0.15, 0.2) is 0 Å². The highest BCUT2D eigenvalue weighted by atomic mass is 127. The van der Waals surface area contributed by atoms with Crippen molar-refractivity contribution in [1.82, 2.24) is 5.43 Å². The maximum atomic E-state index is 11.9. The first kappa shape index (κ1) is 15.0. The monoisotopic (exact) mass is 400 g/mol. The molecule has 104 valence electrons. The van der Waals surface area contributed by atoms with Crippen molar-refractivity contribution in [2.45, 2.75) is 6.92 Å². The fraction of sp³-hybridized carbons (Fsp3) is 0.143. The summed E-state index contributed by atoms with van der Waals surface area (Å²) in [4.78, 5) is 13.0. The number of carbonyl (C=O) groups is 1. The SMILES string of the molecule is COc1ccc(C(=O)N/N=C/c2sccc2C)cc1I. The number of aryl methyl sites for hydroxylation is 1. The van der Waals surface area contributed by atoms with E-state index in [1.807, 2.05) is 18.4 Å². The van der Waals surface area contributed by atoms with E-state index in [0.29, 0.717) is 5.56 Å². The molecule has 20 heavy (non-hydrogen) atoms. The van der Waals surface area contributed by atoms with Crippen LogP contribution in [0.15, 0.2) is 34.7 Å². The lowest BCUT2D eigenvalue weighted by molar-refractivity contribution is 0.0955. The van der Waals surface area contributed by atoms with Crippen molar-refractivity contribution < 1.29 is 9.53 Å². The number of halogens is 1. The van der Waals surface area contributed by atoms with Crippen LogP contribution in [0.25, 0.3) is 0 Å². The summed E-state index contributed by atoms with van der Waals surface area (Å²) in [6, 6.07) is 7.26. The predicted octanol–water partition coefficient (Wildman–Crippen LogP) is 3.43. The Bertz CT molecular complexity index is 652. The first-order valence-corrected chi connectivity index (χ1v) is 7.78. The molecule has 0 aliphatic heterocycles. The molecule has 1 aromatic heterocycles. The number of ether oxygens (including phenoxy) is 1. The molecular weight excluding hydrogens is 387 g/mol. The number of thiophene rings is 1. The molecule has 0 aliphatic carbocycles. The molecular formula is C14H13IN2O2S. The van der Waals surface area contributed by atoms with Gasteiger partial charge in [-0.2, -0.15) is 5.10 Å². The Balaban J connectivity index is 2.03. The van der Waals surface area contributed by atoms with Gasteiger partial charge in [-0.1, -0.05) is 0 Å². The third kappa shape index (κ3) is 3.57. The van der Waals surface area contributed by atoms with Crippen LogP contribution in [0.5, 0.6) is 5.75 Å². The molecule has 0 fully saturated rings. The molecule has 6 heteroatoms. The highest BCUT2D eigenvalue weighted by Gasteiger charge is 2.07. The van der Waals surface area contributed by atoms with Crippen LogP contribution in [0, 0.1) is 10.5 Å². The van der Waals surface area contributed by atoms with E-state index in [0.717, 1.165) is 19.8 Å². The van der Waals surface area contributed by atoms with Gasteiger partial charge in [-0.15, -0.1) is 11.3 Å². The Labute approximate surface area is 135 Å². The fourth-order valence-electron chi connectivity index (χ4n) is 1.54. The van der Waals surface area contributed by atoms with Gasteiger partial charge in [-0.25, -0.2) is 5.43 Å². The molecule has 0 bridgehead atoms. The van der Waals surface area contributed by atoms with Crippen LogP contribution < -0.4 is 10.2 Å². The zero-order valence-electron chi connectivity index (χ0n) is 11.0. The summed E-state index contributed by atoms with van der Waals surface area (Å²) in [5.74, 6) is 0.510. The van der Waals surface area contributed by atoms with Gasteiger partial charge in [0.25, 0.3) is 5.91 Å². The van der Waals surface area contributed by atoms with E-state index < -0.39 is 0 Å². The average molecular weight is 400 g/mol. The third-order valence-electron chi connectivity index (χ3n) is 2.66. The van der Waals surface area contributed by atoms with Gasteiger partial charge >= 0.3 is 0 Å². The van der Waals surface area contributed by atoms with Crippen molar-refractivity contribution in [3.8, 4) is 5.75 Å². The second kappa shape index (κ2) is 6.85. The summed E-state index contributed by atoms with van der Waals surface area (Å²) in [6.07, 6.45) is 1.66. The number of methoxy groups -OCH3 is 1. The lowest BCUT2D eigenvalue weighted by Crippen LogP contribution is -2.17. The Morgan fingerprint density at radius 3 is 2.85 bits per heavy atom. The molecule has 0 atom stereocenters. The molecule has 2 aromatic rings. The molecule has 0 saturated heterocycles. The number of benzene rings is 1. The zero-order valence-corrected chi connectivity index (χ0v) is 14.0. The largest absolute Gasteiger partial charge is 0.496 e. The van der Waals surface area contributed by atoms with E-state index in [1.54, 1.807) is 42.9 Å². The summed E-state index contributed by atoms with van der Waals surface area (Å²) < 4.78 is 6.04. The quantitative estimate of drug-likeness (QED) is 0.486. The molecule has 2 rings (SSSR count). The highest BCUT2D eigenvalue weighted by Crippen LogP contribution is 2.21. The molecule has 1 amide bonds. The topological polar surface area (TPSA) is 50.7 Å². The van der Waals surface area contributed by atoms with Crippen LogP contribution in [0.4, 0.5) is 0 Å². The Kier molecular flexibility index (Phi) is 5.13. The second-order valence-electron chi connectivity index (χ2n) is 4.02. The normalized spacial score (nSPS) is 10.8. The first-order chi connectivity index (χ1) is 9.61. The Morgan fingerprint density at radius 1 is 1.45 bits per heavy atom. The van der Waals surface area contributed by atoms with Crippen molar-refractivity contribution in [3.63, 3.8) is 0 Å². The third-order valence-corrected chi connectivity index (χ3v) is 4.46. The minimum absolute atomic E-state index is 0.240. The standard InChI is InChI=1S/C14H13IN2O2S/c1-9-5-6-20-13(9)8-16-17-14(18)10-3-4-12(19-2)11(15)7-10/h3-8H,1-2H3,(H,17,18)/b16-8+. The summed E-state index contributed by atoms with van der Waals surface area (Å²) in [7, 11) is 1.60. The summed E-state index contributed by atoms with van der Waals surface area (Å²) in [6.45, 7) is 2.01. The Morgan fingerprint density at radius 2 is 2.25 bits per heavy atom. The summed E-state index contributed by atoms with van der Waals surface area (Å²) in [5.41, 5.74) is 4.22. The highest BCUT2D eigenvalue weighted by molar-refractivity contribution is 14.1. The number of nitrogens with zero attached hydrogens (tertiary/aromatic N) is 1. The lowest BCUT2D eigenvalue weighted by Gasteiger charge is -2.05. The smallest absolute Gasteiger partial charge is 0.271 e. The maximum absolute atomic E-state index is 11.9. The molecule has 0 spiro atoms. The van der Waals surface area contributed by atoms with Crippen LogP contribution >= 0.6 is 33.9 Å². The number of hydrogen-bond acceptors (Lipinski definition) is 4. The first-order valence-electron chi connectivity index (χ1n) is 5.83. The molecule has 1 aromatic carbocycles. The fourth-order valence-corrected chi connectivity index (χ4v) is 3.06. The van der Waals surface area contributed by atoms with E-state index in [-0.39, 0.29) is 5.91 Å². The maximum Gasteiger partial charge on any atom is 0.271 e. The number of carbonyl (C=O) groups excluding carboxylic acids is 1. The van der Waals surface area contributed by atoms with Crippen LogP contribution in [-0.2, 0) is 0 Å². The zero-order chi connectivity index (χ0) is 14.5. The molecule has 1 heterocycles. The van der Waals surface area contributed by atoms with E-state index in [2.05, 4.69) is 33.1 Å². The lowest BCUT2D eigenvalue weighted by atomic mass is 10.2. The molecule has 0 saturated carbocycles. The predicted molar refractivity (Wildman–Crippen MR) is 89.8 cm³/mol. The van der Waals surface area contributed by atoms with Crippen molar-refractivity contribution in [2.24, 2.45) is 5.10 Å². The second-order valence-corrected chi connectivity index (χ2v) is 6.13. The molecule has 0 aliphatic rings. The van der Waals surface area contributed by atoms with E-state index in [1.165, 1.54) is 0 Å². The minimum atomic E-state index is -0.240. The van der Waals surface area contributed by atoms with Crippen LogP contribution in [0.3, 0.4) is 0 Å². The molecule has 1 N–H and O–H groups in total. The van der Waals surface area contributed by atoms with Gasteiger partial charge < -0.3 is 4.74 Å². The van der Waals surface area contributed by atoms with Gasteiger partial charge in [-0.05, 0) is 64.7 Å². The number of rotatable bonds is 4. The van der Waals surface area contributed by atoms with Gasteiger partial charge in [0.2, 0.25) is 0 Å². The van der Waals surface area contributed by atoms with E-state index in [9.17, 15) is 4.79 Å². The number of amides is 1. The van der Waals surface area contributed by atoms with Gasteiger partial charge in [-0.3, -0.25) is 4.79 Å². The van der Waals surface area contributed by atoms with Crippen LogP contribution in [0.1, 0.15) is 20.8 Å². The van der Waals surface area contributed by atoms with E-state index >= 15 is 0 Å². The number of nitrogens with one attached hydrogen (secondary N) is 1.